The molecule has 0 atom stereocenters. The third kappa shape index (κ3) is 4.73. The van der Waals surface area contributed by atoms with Crippen LogP contribution >= 0.6 is 23.2 Å². The van der Waals surface area contributed by atoms with E-state index in [-0.39, 0.29) is 17.1 Å². The largest absolute Gasteiger partial charge is 0.467 e. The van der Waals surface area contributed by atoms with E-state index in [1.807, 2.05) is 5.43 Å². The fourth-order valence-electron chi connectivity index (χ4n) is 1.54. The smallest absolute Gasteiger partial charge is 0.327 e. The Kier molecular flexibility index (Phi) is 5.61. The van der Waals surface area contributed by atoms with Gasteiger partial charge in [0.15, 0.2) is 0 Å². The summed E-state index contributed by atoms with van der Waals surface area (Å²) in [6.45, 7) is 0.0555. The Balaban J connectivity index is 1.81. The van der Waals surface area contributed by atoms with Crippen LogP contribution < -0.4 is 16.2 Å². The van der Waals surface area contributed by atoms with Crippen molar-refractivity contribution in [3.63, 3.8) is 0 Å². The van der Waals surface area contributed by atoms with Crippen molar-refractivity contribution in [3.8, 4) is 0 Å². The highest BCUT2D eigenvalue weighted by Gasteiger charge is 2.15. The molecule has 9 heteroatoms. The minimum Gasteiger partial charge on any atom is -0.467 e. The van der Waals surface area contributed by atoms with E-state index in [4.69, 9.17) is 27.6 Å². The molecule has 0 fully saturated rings. The fourth-order valence-corrected chi connectivity index (χ4v) is 1.84. The second-order valence-corrected chi connectivity index (χ2v) is 5.11. The number of nitrogens with one attached hydrogen (secondary N) is 3. The van der Waals surface area contributed by atoms with Gasteiger partial charge in [-0.15, -0.1) is 0 Å². The molecule has 0 aliphatic heterocycles. The van der Waals surface area contributed by atoms with Crippen molar-refractivity contribution >= 4 is 40.9 Å². The molecule has 1 aromatic heterocycles. The number of hydrogen-bond donors (Lipinski definition) is 3. The van der Waals surface area contributed by atoms with Crippen LogP contribution in [0.25, 0.3) is 0 Å². The van der Waals surface area contributed by atoms with Crippen LogP contribution in [0.3, 0.4) is 0 Å². The first kappa shape index (κ1) is 16.9. The molecule has 7 nitrogen and oxygen atoms in total. The first-order valence-electron chi connectivity index (χ1n) is 6.33. The van der Waals surface area contributed by atoms with Gasteiger partial charge in [0.2, 0.25) is 0 Å². The molecule has 0 spiro atoms. The van der Waals surface area contributed by atoms with Gasteiger partial charge in [0.25, 0.3) is 5.91 Å². The predicted octanol–water partition coefficient (Wildman–Crippen LogP) is 1.66. The maximum Gasteiger partial charge on any atom is 0.327 e. The average molecular weight is 356 g/mol. The monoisotopic (exact) mass is 355 g/mol. The Hall–Kier alpha value is -2.51. The van der Waals surface area contributed by atoms with Gasteiger partial charge in [-0.05, 0) is 30.3 Å². The fraction of sp³-hybridized carbons (Fsp3) is 0.0714. The molecule has 2 rings (SSSR count). The molecule has 0 aliphatic carbocycles. The normalized spacial score (nSPS) is 10.0. The van der Waals surface area contributed by atoms with E-state index in [0.29, 0.717) is 10.8 Å². The summed E-state index contributed by atoms with van der Waals surface area (Å²) in [4.78, 5) is 34.9. The van der Waals surface area contributed by atoms with E-state index >= 15 is 0 Å². The van der Waals surface area contributed by atoms with Crippen molar-refractivity contribution < 1.29 is 18.8 Å². The van der Waals surface area contributed by atoms with Gasteiger partial charge >= 0.3 is 11.8 Å². The van der Waals surface area contributed by atoms with Crippen LogP contribution in [0.1, 0.15) is 16.1 Å². The minimum absolute atomic E-state index is 0.0555. The zero-order valence-electron chi connectivity index (χ0n) is 11.6. The van der Waals surface area contributed by atoms with Gasteiger partial charge in [-0.25, -0.2) is 0 Å². The van der Waals surface area contributed by atoms with E-state index in [2.05, 4.69) is 10.7 Å². The summed E-state index contributed by atoms with van der Waals surface area (Å²) in [6.07, 6.45) is 1.44. The zero-order chi connectivity index (χ0) is 16.8. The quantitative estimate of drug-likeness (QED) is 0.575. The molecule has 3 N–H and O–H groups in total. The third-order valence-electron chi connectivity index (χ3n) is 2.68. The van der Waals surface area contributed by atoms with Gasteiger partial charge in [0.05, 0.1) is 22.9 Å². The molecule has 1 aromatic carbocycles. The highest BCUT2D eigenvalue weighted by Crippen LogP contribution is 2.22. The van der Waals surface area contributed by atoms with Gasteiger partial charge in [0.1, 0.15) is 5.76 Å². The minimum atomic E-state index is -1.02. The van der Waals surface area contributed by atoms with Crippen LogP contribution in [0.5, 0.6) is 0 Å². The molecule has 0 aliphatic rings. The number of furan rings is 1. The first-order valence-corrected chi connectivity index (χ1v) is 7.09. The highest BCUT2D eigenvalue weighted by atomic mass is 35.5. The molecule has 0 radical (unpaired) electrons. The first-order chi connectivity index (χ1) is 11.0. The number of carbonyl (C=O) groups is 3. The molecule has 0 saturated heterocycles. The molecule has 23 heavy (non-hydrogen) atoms. The molecular formula is C14H11Cl2N3O4. The van der Waals surface area contributed by atoms with E-state index < -0.39 is 17.7 Å². The maximum atomic E-state index is 11.8. The molecule has 120 valence electrons. The lowest BCUT2D eigenvalue weighted by atomic mass is 10.2. The summed E-state index contributed by atoms with van der Waals surface area (Å²) in [6, 6.07) is 7.50. The summed E-state index contributed by atoms with van der Waals surface area (Å²) in [7, 11) is 0. The number of halogens is 2. The van der Waals surface area contributed by atoms with Crippen molar-refractivity contribution in [2.75, 3.05) is 0 Å². The Labute approximate surface area is 140 Å². The van der Waals surface area contributed by atoms with Gasteiger partial charge in [-0.2, -0.15) is 0 Å². The lowest BCUT2D eigenvalue weighted by Gasteiger charge is -2.08. The summed E-state index contributed by atoms with van der Waals surface area (Å²) in [5, 5.41) is 2.82. The van der Waals surface area contributed by atoms with Crippen molar-refractivity contribution in [3.05, 3.63) is 58.0 Å². The summed E-state index contributed by atoms with van der Waals surface area (Å²) in [5.74, 6) is -2.09. The molecule has 0 saturated carbocycles. The highest BCUT2D eigenvalue weighted by molar-refractivity contribution is 6.42. The lowest BCUT2D eigenvalue weighted by molar-refractivity contribution is -0.139. The van der Waals surface area contributed by atoms with Crippen LogP contribution in [0, 0.1) is 0 Å². The second-order valence-electron chi connectivity index (χ2n) is 4.30. The molecule has 3 amide bonds. The van der Waals surface area contributed by atoms with Crippen LogP contribution in [-0.4, -0.2) is 17.7 Å². The van der Waals surface area contributed by atoms with Crippen molar-refractivity contribution in [2.45, 2.75) is 6.54 Å². The number of carbonyl (C=O) groups excluding carboxylic acids is 3. The molecular weight excluding hydrogens is 345 g/mol. The van der Waals surface area contributed by atoms with E-state index in [1.165, 1.54) is 24.5 Å². The predicted molar refractivity (Wildman–Crippen MR) is 82.6 cm³/mol. The van der Waals surface area contributed by atoms with Crippen molar-refractivity contribution in [1.29, 1.82) is 0 Å². The average Bonchev–Trinajstić information content (AvgIpc) is 3.05. The van der Waals surface area contributed by atoms with Gasteiger partial charge in [-0.3, -0.25) is 25.2 Å². The Bertz CT molecular complexity index is 732. The number of hydrazine groups is 1. The zero-order valence-corrected chi connectivity index (χ0v) is 13.1. The Morgan fingerprint density at radius 2 is 1.78 bits per heavy atom. The van der Waals surface area contributed by atoms with Gasteiger partial charge in [0, 0.05) is 5.56 Å². The van der Waals surface area contributed by atoms with Gasteiger partial charge in [-0.1, -0.05) is 23.2 Å². The topological polar surface area (TPSA) is 100 Å². The Morgan fingerprint density at radius 1 is 1.00 bits per heavy atom. The number of amides is 3. The number of rotatable bonds is 3. The summed E-state index contributed by atoms with van der Waals surface area (Å²) in [5.41, 5.74) is 4.26. The Morgan fingerprint density at radius 3 is 2.43 bits per heavy atom. The van der Waals surface area contributed by atoms with Crippen molar-refractivity contribution in [1.82, 2.24) is 16.2 Å². The van der Waals surface area contributed by atoms with Crippen molar-refractivity contribution in [2.24, 2.45) is 0 Å². The summed E-state index contributed by atoms with van der Waals surface area (Å²) >= 11 is 11.5. The maximum absolute atomic E-state index is 11.8. The SMILES string of the molecule is O=C(NCc1ccco1)C(=O)NNC(=O)c1ccc(Cl)c(Cl)c1. The van der Waals surface area contributed by atoms with Crippen LogP contribution in [0.15, 0.2) is 41.0 Å². The molecule has 0 unspecified atom stereocenters. The molecule has 1 heterocycles. The number of benzene rings is 1. The lowest BCUT2D eigenvalue weighted by Crippen LogP contribution is -2.48. The van der Waals surface area contributed by atoms with E-state index in [1.54, 1.807) is 12.1 Å². The molecule has 2 aromatic rings. The number of hydrogen-bond acceptors (Lipinski definition) is 4. The van der Waals surface area contributed by atoms with Crippen LogP contribution in [-0.2, 0) is 16.1 Å². The van der Waals surface area contributed by atoms with Crippen LogP contribution in [0.2, 0.25) is 10.0 Å². The van der Waals surface area contributed by atoms with E-state index in [9.17, 15) is 14.4 Å². The summed E-state index contributed by atoms with van der Waals surface area (Å²) < 4.78 is 5.00. The van der Waals surface area contributed by atoms with Crippen LogP contribution in [0.4, 0.5) is 0 Å². The molecule has 0 bridgehead atoms. The van der Waals surface area contributed by atoms with E-state index in [0.717, 1.165) is 0 Å². The van der Waals surface area contributed by atoms with Gasteiger partial charge < -0.3 is 9.73 Å². The third-order valence-corrected chi connectivity index (χ3v) is 3.42. The standard InChI is InChI=1S/C14H11Cl2N3O4/c15-10-4-3-8(6-11(10)16)12(20)18-19-14(22)13(21)17-7-9-2-1-5-23-9/h1-6H,7H2,(H,17,21)(H,18,20)(H,19,22). The second kappa shape index (κ2) is 7.66.